The zero-order chi connectivity index (χ0) is 10.6. The van der Waals surface area contributed by atoms with Crippen LogP contribution in [0.3, 0.4) is 0 Å². The smallest absolute Gasteiger partial charge is 0.272 e. The number of ether oxygens (including phenoxy) is 1. The van der Waals surface area contributed by atoms with Gasteiger partial charge in [-0.05, 0) is 24.6 Å². The molecule has 0 N–H and O–H groups in total. The van der Waals surface area contributed by atoms with E-state index in [1.165, 1.54) is 6.07 Å². The first-order valence-corrected chi connectivity index (χ1v) is 4.10. The number of benzene rings is 1. The van der Waals surface area contributed by atoms with Gasteiger partial charge in [0.15, 0.2) is 0 Å². The Morgan fingerprint density at radius 1 is 1.50 bits per heavy atom. The third-order valence-corrected chi connectivity index (χ3v) is 1.75. The number of aryl methyl sites for hydroxylation is 1. The first-order chi connectivity index (χ1) is 6.63. The van der Waals surface area contributed by atoms with Gasteiger partial charge in [-0.15, -0.1) is 0 Å². The lowest BCUT2D eigenvalue weighted by molar-refractivity contribution is 0.0818. The summed E-state index contributed by atoms with van der Waals surface area (Å²) in [6.07, 6.45) is -1.83. The molecule has 0 fully saturated rings. The zero-order valence-electron chi connectivity index (χ0n) is 7.67. The van der Waals surface area contributed by atoms with Crippen molar-refractivity contribution in [2.24, 2.45) is 0 Å². The maximum absolute atomic E-state index is 11.8. The molecule has 76 valence electrons. The summed E-state index contributed by atoms with van der Waals surface area (Å²) in [6, 6.07) is 4.67. The van der Waals surface area contributed by atoms with Gasteiger partial charge in [-0.2, -0.15) is 0 Å². The zero-order valence-corrected chi connectivity index (χ0v) is 7.67. The maximum Gasteiger partial charge on any atom is 0.272 e. The van der Waals surface area contributed by atoms with E-state index < -0.39 is 13.0 Å². The van der Waals surface area contributed by atoms with Gasteiger partial charge in [-0.1, -0.05) is 6.07 Å². The van der Waals surface area contributed by atoms with Crippen LogP contribution in [0.5, 0.6) is 5.75 Å². The van der Waals surface area contributed by atoms with Gasteiger partial charge in [0.05, 0.1) is 0 Å². The molecule has 0 radical (unpaired) electrons. The Kier molecular flexibility index (Phi) is 3.56. The minimum absolute atomic E-state index is 0.290. The van der Waals surface area contributed by atoms with Crippen molar-refractivity contribution in [2.45, 2.75) is 13.3 Å². The number of alkyl halides is 2. The van der Waals surface area contributed by atoms with Crippen LogP contribution in [0.1, 0.15) is 15.9 Å². The predicted octanol–water partition coefficient (Wildman–Crippen LogP) is 2.45. The van der Waals surface area contributed by atoms with E-state index in [1.54, 1.807) is 19.1 Å². The third kappa shape index (κ3) is 2.80. The number of aldehydes is 1. The van der Waals surface area contributed by atoms with Gasteiger partial charge < -0.3 is 4.74 Å². The van der Waals surface area contributed by atoms with Crippen LogP contribution < -0.4 is 4.74 Å². The number of carbonyl (C=O) groups is 1. The van der Waals surface area contributed by atoms with Crippen LogP contribution in [0.15, 0.2) is 18.2 Å². The summed E-state index contributed by atoms with van der Waals surface area (Å²) < 4.78 is 28.3. The van der Waals surface area contributed by atoms with Gasteiger partial charge in [0.1, 0.15) is 18.6 Å². The molecule has 0 amide bonds. The normalized spacial score (nSPS) is 10.3. The molecule has 0 heterocycles. The van der Waals surface area contributed by atoms with Crippen molar-refractivity contribution in [1.82, 2.24) is 0 Å². The van der Waals surface area contributed by atoms with Crippen molar-refractivity contribution >= 4 is 6.29 Å². The van der Waals surface area contributed by atoms with Crippen LogP contribution in [0.2, 0.25) is 0 Å². The van der Waals surface area contributed by atoms with Gasteiger partial charge >= 0.3 is 0 Å². The highest BCUT2D eigenvalue weighted by atomic mass is 19.3. The fourth-order valence-corrected chi connectivity index (χ4v) is 0.995. The molecular weight excluding hydrogens is 190 g/mol. The van der Waals surface area contributed by atoms with Crippen LogP contribution in [0.4, 0.5) is 8.78 Å². The minimum Gasteiger partial charge on any atom is -0.488 e. The van der Waals surface area contributed by atoms with Crippen LogP contribution in [-0.2, 0) is 0 Å². The molecule has 0 spiro atoms. The van der Waals surface area contributed by atoms with Crippen LogP contribution in [0, 0.1) is 6.92 Å². The van der Waals surface area contributed by atoms with E-state index in [2.05, 4.69) is 0 Å². The van der Waals surface area contributed by atoms with Gasteiger partial charge in [-0.3, -0.25) is 4.79 Å². The predicted molar refractivity (Wildman–Crippen MR) is 48.1 cm³/mol. The molecule has 0 aliphatic heterocycles. The molecule has 1 rings (SSSR count). The van der Waals surface area contributed by atoms with Crippen molar-refractivity contribution in [3.63, 3.8) is 0 Å². The van der Waals surface area contributed by atoms with Gasteiger partial charge in [0.2, 0.25) is 0 Å². The Hall–Kier alpha value is -1.45. The van der Waals surface area contributed by atoms with E-state index in [0.717, 1.165) is 5.56 Å². The fraction of sp³-hybridized carbons (Fsp3) is 0.300. The summed E-state index contributed by atoms with van der Waals surface area (Å²) in [4.78, 5) is 10.5. The lowest BCUT2D eigenvalue weighted by atomic mass is 10.1. The second-order valence-electron chi connectivity index (χ2n) is 2.84. The largest absolute Gasteiger partial charge is 0.488 e. The van der Waals surface area contributed by atoms with E-state index in [-0.39, 0.29) is 5.75 Å². The molecule has 0 aliphatic rings. The first-order valence-electron chi connectivity index (χ1n) is 4.10. The summed E-state index contributed by atoms with van der Waals surface area (Å²) in [5.41, 5.74) is 1.25. The van der Waals surface area contributed by atoms with Crippen molar-refractivity contribution in [1.29, 1.82) is 0 Å². The molecule has 0 bridgehead atoms. The Morgan fingerprint density at radius 3 is 2.79 bits per heavy atom. The fourth-order valence-electron chi connectivity index (χ4n) is 0.995. The number of halogens is 2. The molecular formula is C10H10F2O2. The molecule has 14 heavy (non-hydrogen) atoms. The van der Waals surface area contributed by atoms with Crippen LogP contribution in [-0.4, -0.2) is 19.3 Å². The minimum atomic E-state index is -2.50. The number of carbonyl (C=O) groups excluding carboxylic acids is 1. The standard InChI is InChI=1S/C10H10F2O2/c1-7-2-3-9(4-8(7)5-13)14-6-10(11)12/h2-5,10H,6H2,1H3. The highest BCUT2D eigenvalue weighted by Gasteiger charge is 2.04. The summed E-state index contributed by atoms with van der Waals surface area (Å²) >= 11 is 0. The average Bonchev–Trinajstić information content (AvgIpc) is 2.16. The van der Waals surface area contributed by atoms with Gasteiger partial charge in [0.25, 0.3) is 6.43 Å². The monoisotopic (exact) mass is 200 g/mol. The second-order valence-corrected chi connectivity index (χ2v) is 2.84. The van der Waals surface area contributed by atoms with E-state index in [9.17, 15) is 13.6 Å². The summed E-state index contributed by atoms with van der Waals surface area (Å²) in [5.74, 6) is 0.290. The molecule has 0 saturated heterocycles. The number of rotatable bonds is 4. The lowest BCUT2D eigenvalue weighted by Crippen LogP contribution is -2.07. The number of hydrogen-bond donors (Lipinski definition) is 0. The van der Waals surface area contributed by atoms with Crippen LogP contribution >= 0.6 is 0 Å². The summed E-state index contributed by atoms with van der Waals surface area (Å²) in [5, 5.41) is 0. The molecule has 2 nitrogen and oxygen atoms in total. The lowest BCUT2D eigenvalue weighted by Gasteiger charge is -2.06. The SMILES string of the molecule is Cc1ccc(OCC(F)F)cc1C=O. The summed E-state index contributed by atoms with van der Waals surface area (Å²) in [7, 11) is 0. The van der Waals surface area contributed by atoms with E-state index in [4.69, 9.17) is 4.74 Å². The summed E-state index contributed by atoms with van der Waals surface area (Å²) in [6.45, 7) is 1.11. The Labute approximate surface area is 80.5 Å². The highest BCUT2D eigenvalue weighted by Crippen LogP contribution is 2.16. The molecule has 4 heteroatoms. The van der Waals surface area contributed by atoms with Crippen molar-refractivity contribution < 1.29 is 18.3 Å². The van der Waals surface area contributed by atoms with Crippen molar-refractivity contribution in [3.05, 3.63) is 29.3 Å². The van der Waals surface area contributed by atoms with Crippen LogP contribution in [0.25, 0.3) is 0 Å². The van der Waals surface area contributed by atoms with Crippen molar-refractivity contribution in [3.8, 4) is 5.75 Å². The van der Waals surface area contributed by atoms with E-state index in [1.807, 2.05) is 0 Å². The molecule has 1 aromatic rings. The molecule has 1 aromatic carbocycles. The third-order valence-electron chi connectivity index (χ3n) is 1.75. The first kappa shape index (κ1) is 10.6. The average molecular weight is 200 g/mol. The molecule has 0 atom stereocenters. The second kappa shape index (κ2) is 4.69. The quantitative estimate of drug-likeness (QED) is 0.698. The molecule has 0 unspecified atom stereocenters. The van der Waals surface area contributed by atoms with Gasteiger partial charge in [-0.25, -0.2) is 8.78 Å². The number of hydrogen-bond acceptors (Lipinski definition) is 2. The highest BCUT2D eigenvalue weighted by molar-refractivity contribution is 5.77. The Morgan fingerprint density at radius 2 is 2.21 bits per heavy atom. The maximum atomic E-state index is 11.8. The molecule has 0 aliphatic carbocycles. The van der Waals surface area contributed by atoms with E-state index in [0.29, 0.717) is 11.8 Å². The molecule has 0 aromatic heterocycles. The topological polar surface area (TPSA) is 26.3 Å². The Balaban J connectivity index is 2.74. The molecule has 0 saturated carbocycles. The van der Waals surface area contributed by atoms with E-state index >= 15 is 0 Å². The van der Waals surface area contributed by atoms with Gasteiger partial charge in [0, 0.05) is 5.56 Å². The Bertz CT molecular complexity index is 324. The van der Waals surface area contributed by atoms with Crippen molar-refractivity contribution in [2.75, 3.05) is 6.61 Å².